The van der Waals surface area contributed by atoms with Crippen molar-refractivity contribution >= 4 is 5.91 Å². The molecule has 1 atom stereocenters. The maximum Gasteiger partial charge on any atom is 0.255 e. The Balaban J connectivity index is 1.68. The highest BCUT2D eigenvalue weighted by molar-refractivity contribution is 5.99. The van der Waals surface area contributed by atoms with Crippen molar-refractivity contribution in [2.75, 3.05) is 13.1 Å². The van der Waals surface area contributed by atoms with Gasteiger partial charge in [-0.3, -0.25) is 9.69 Å². The molecule has 1 saturated heterocycles. The van der Waals surface area contributed by atoms with Crippen LogP contribution >= 0.6 is 0 Å². The van der Waals surface area contributed by atoms with Gasteiger partial charge in [0.25, 0.3) is 5.91 Å². The zero-order valence-electron chi connectivity index (χ0n) is 12.0. The second kappa shape index (κ2) is 4.70. The monoisotopic (exact) mass is 283 g/mol. The summed E-state index contributed by atoms with van der Waals surface area (Å²) in [5.74, 6) is 1.00. The molecule has 5 nitrogen and oxygen atoms in total. The fourth-order valence-electron chi connectivity index (χ4n) is 3.39. The van der Waals surface area contributed by atoms with Crippen LogP contribution in [0.2, 0.25) is 0 Å². The molecule has 21 heavy (non-hydrogen) atoms. The van der Waals surface area contributed by atoms with Gasteiger partial charge >= 0.3 is 0 Å². The van der Waals surface area contributed by atoms with Gasteiger partial charge in [-0.15, -0.1) is 0 Å². The molecule has 0 aliphatic carbocycles. The van der Waals surface area contributed by atoms with Crippen LogP contribution in [0, 0.1) is 6.92 Å². The molecule has 0 unspecified atom stereocenters. The third kappa shape index (κ3) is 1.96. The zero-order valence-corrected chi connectivity index (χ0v) is 12.0. The molecule has 0 spiro atoms. The zero-order chi connectivity index (χ0) is 14.4. The Kier molecular flexibility index (Phi) is 2.82. The van der Waals surface area contributed by atoms with Crippen molar-refractivity contribution in [1.82, 2.24) is 15.0 Å². The third-order valence-electron chi connectivity index (χ3n) is 4.25. The van der Waals surface area contributed by atoms with Crippen molar-refractivity contribution in [1.29, 1.82) is 0 Å². The number of rotatable bonds is 2. The lowest BCUT2D eigenvalue weighted by Gasteiger charge is -2.39. The first-order chi connectivity index (χ1) is 10.2. The Morgan fingerprint density at radius 1 is 1.33 bits per heavy atom. The van der Waals surface area contributed by atoms with E-state index in [4.69, 9.17) is 4.52 Å². The van der Waals surface area contributed by atoms with E-state index in [-0.39, 0.29) is 12.1 Å². The minimum Gasteiger partial charge on any atom is -0.360 e. The number of aryl methyl sites for hydroxylation is 1. The SMILES string of the molecule is Cc1cc(CN2CCCN3C(=O)c4ccccc4[C@H]23)on1. The quantitative estimate of drug-likeness (QED) is 0.849. The lowest BCUT2D eigenvalue weighted by Crippen LogP contribution is -2.45. The molecule has 108 valence electrons. The van der Waals surface area contributed by atoms with Gasteiger partial charge in [0.1, 0.15) is 6.17 Å². The standard InChI is InChI=1S/C16H17N3O2/c1-11-9-12(21-17-11)10-18-7-4-8-19-15(18)13-5-2-3-6-14(13)16(19)20/h2-3,5-6,9,15H,4,7-8,10H2,1H3/t15-/m1/s1. The summed E-state index contributed by atoms with van der Waals surface area (Å²) < 4.78 is 5.34. The first-order valence-electron chi connectivity index (χ1n) is 7.30. The van der Waals surface area contributed by atoms with E-state index in [1.165, 1.54) is 0 Å². The van der Waals surface area contributed by atoms with Crippen LogP contribution in [0.1, 0.15) is 40.0 Å². The van der Waals surface area contributed by atoms with Gasteiger partial charge in [0, 0.05) is 30.3 Å². The Hall–Kier alpha value is -2.14. The van der Waals surface area contributed by atoms with Crippen LogP contribution in [0.15, 0.2) is 34.9 Å². The summed E-state index contributed by atoms with van der Waals surface area (Å²) in [6.07, 6.45) is 1.02. The van der Waals surface area contributed by atoms with E-state index in [9.17, 15) is 4.79 Å². The summed E-state index contributed by atoms with van der Waals surface area (Å²) in [5, 5.41) is 3.94. The summed E-state index contributed by atoms with van der Waals surface area (Å²) in [6.45, 7) is 4.39. The van der Waals surface area contributed by atoms with Crippen molar-refractivity contribution in [3.05, 3.63) is 52.9 Å². The maximum atomic E-state index is 12.5. The largest absolute Gasteiger partial charge is 0.360 e. The van der Waals surface area contributed by atoms with Crippen LogP contribution in [0.5, 0.6) is 0 Å². The number of hydrogen-bond acceptors (Lipinski definition) is 4. The molecule has 5 heteroatoms. The number of benzene rings is 1. The molecule has 2 aliphatic heterocycles. The predicted octanol–water partition coefficient (Wildman–Crippen LogP) is 2.34. The first-order valence-corrected chi connectivity index (χ1v) is 7.30. The van der Waals surface area contributed by atoms with Gasteiger partial charge in [-0.25, -0.2) is 0 Å². The van der Waals surface area contributed by atoms with Crippen molar-refractivity contribution in [3.63, 3.8) is 0 Å². The van der Waals surface area contributed by atoms with Gasteiger partial charge in [0.05, 0.1) is 12.2 Å². The minimum absolute atomic E-state index is 0.0351. The van der Waals surface area contributed by atoms with E-state index in [1.807, 2.05) is 36.1 Å². The highest BCUT2D eigenvalue weighted by Crippen LogP contribution is 2.39. The Morgan fingerprint density at radius 3 is 3.00 bits per heavy atom. The molecule has 1 aromatic carbocycles. The van der Waals surface area contributed by atoms with Crippen LogP contribution in [-0.4, -0.2) is 34.0 Å². The summed E-state index contributed by atoms with van der Waals surface area (Å²) in [4.78, 5) is 16.8. The molecule has 3 heterocycles. The number of carbonyl (C=O) groups is 1. The summed E-state index contributed by atoms with van der Waals surface area (Å²) >= 11 is 0. The van der Waals surface area contributed by atoms with Crippen LogP contribution in [0.3, 0.4) is 0 Å². The average molecular weight is 283 g/mol. The predicted molar refractivity (Wildman–Crippen MR) is 76.5 cm³/mol. The molecule has 2 aliphatic rings. The lowest BCUT2D eigenvalue weighted by atomic mass is 10.1. The van der Waals surface area contributed by atoms with Gasteiger partial charge in [-0.1, -0.05) is 23.4 Å². The number of aromatic nitrogens is 1. The molecular weight excluding hydrogens is 266 g/mol. The molecule has 2 aromatic rings. The molecule has 1 amide bonds. The number of carbonyl (C=O) groups excluding carboxylic acids is 1. The topological polar surface area (TPSA) is 49.6 Å². The van der Waals surface area contributed by atoms with Crippen molar-refractivity contribution in [3.8, 4) is 0 Å². The maximum absolute atomic E-state index is 12.5. The Bertz CT molecular complexity index is 694. The highest BCUT2D eigenvalue weighted by atomic mass is 16.5. The van der Waals surface area contributed by atoms with Crippen LogP contribution < -0.4 is 0 Å². The number of hydrogen-bond donors (Lipinski definition) is 0. The molecule has 1 fully saturated rings. The molecule has 1 aromatic heterocycles. The van der Waals surface area contributed by atoms with E-state index >= 15 is 0 Å². The highest BCUT2D eigenvalue weighted by Gasteiger charge is 2.42. The van der Waals surface area contributed by atoms with Crippen LogP contribution in [0.4, 0.5) is 0 Å². The van der Waals surface area contributed by atoms with E-state index in [0.717, 1.165) is 42.1 Å². The second-order valence-corrected chi connectivity index (χ2v) is 5.72. The van der Waals surface area contributed by atoms with E-state index in [1.54, 1.807) is 0 Å². The fourth-order valence-corrected chi connectivity index (χ4v) is 3.39. The normalized spacial score (nSPS) is 21.5. The smallest absolute Gasteiger partial charge is 0.255 e. The van der Waals surface area contributed by atoms with E-state index in [2.05, 4.69) is 16.1 Å². The number of nitrogens with zero attached hydrogens (tertiary/aromatic N) is 3. The van der Waals surface area contributed by atoms with Crippen LogP contribution in [-0.2, 0) is 6.54 Å². The lowest BCUT2D eigenvalue weighted by molar-refractivity contribution is 0.00865. The molecular formula is C16H17N3O2. The van der Waals surface area contributed by atoms with Gasteiger partial charge in [-0.05, 0) is 19.4 Å². The minimum atomic E-state index is 0.0351. The van der Waals surface area contributed by atoms with Crippen molar-refractivity contribution < 1.29 is 9.32 Å². The second-order valence-electron chi connectivity index (χ2n) is 5.72. The molecule has 0 N–H and O–H groups in total. The number of fused-ring (bicyclic) bond motifs is 3. The molecule has 0 radical (unpaired) electrons. The Morgan fingerprint density at radius 2 is 2.19 bits per heavy atom. The average Bonchev–Trinajstić information content (AvgIpc) is 3.03. The van der Waals surface area contributed by atoms with Crippen LogP contribution in [0.25, 0.3) is 0 Å². The third-order valence-corrected chi connectivity index (χ3v) is 4.25. The molecule has 4 rings (SSSR count). The first kappa shape index (κ1) is 12.6. The number of amides is 1. The summed E-state index contributed by atoms with van der Waals surface area (Å²) in [5.41, 5.74) is 2.84. The van der Waals surface area contributed by atoms with Gasteiger partial charge < -0.3 is 9.42 Å². The van der Waals surface area contributed by atoms with Gasteiger partial charge in [0.15, 0.2) is 5.76 Å². The summed E-state index contributed by atoms with van der Waals surface area (Å²) in [6, 6.07) is 9.87. The summed E-state index contributed by atoms with van der Waals surface area (Å²) in [7, 11) is 0. The molecule has 0 bridgehead atoms. The van der Waals surface area contributed by atoms with Crippen molar-refractivity contribution in [2.45, 2.75) is 26.1 Å². The Labute approximate surface area is 123 Å². The van der Waals surface area contributed by atoms with Gasteiger partial charge in [0.2, 0.25) is 0 Å². The van der Waals surface area contributed by atoms with E-state index < -0.39 is 0 Å². The van der Waals surface area contributed by atoms with Crippen molar-refractivity contribution in [2.24, 2.45) is 0 Å². The molecule has 0 saturated carbocycles. The fraction of sp³-hybridized carbons (Fsp3) is 0.375. The van der Waals surface area contributed by atoms with E-state index in [0.29, 0.717) is 6.54 Å². The van der Waals surface area contributed by atoms with Gasteiger partial charge in [-0.2, -0.15) is 0 Å².